The molecule has 2 nitrogen and oxygen atoms in total. The average Bonchev–Trinajstić information content (AvgIpc) is 2.77. The van der Waals surface area contributed by atoms with Crippen LogP contribution in [0.5, 0.6) is 0 Å². The van der Waals surface area contributed by atoms with Crippen LogP contribution in [0.25, 0.3) is 10.6 Å². The molecule has 0 radical (unpaired) electrons. The van der Waals surface area contributed by atoms with Gasteiger partial charge >= 0.3 is 0 Å². The molecule has 0 fully saturated rings. The molecule has 1 aliphatic carbocycles. The van der Waals surface area contributed by atoms with Crippen LogP contribution in [0.2, 0.25) is 0 Å². The fraction of sp³-hybridized carbons (Fsp3) is 0.308. The predicted octanol–water partition coefficient (Wildman–Crippen LogP) is 3.46. The summed E-state index contributed by atoms with van der Waals surface area (Å²) in [6, 6.07) is 3.33. The van der Waals surface area contributed by atoms with Crippen molar-refractivity contribution in [1.29, 1.82) is 0 Å². The Hall–Kier alpha value is -1.33. The summed E-state index contributed by atoms with van der Waals surface area (Å²) in [5.74, 6) is -0.975. The van der Waals surface area contributed by atoms with E-state index in [0.717, 1.165) is 41.6 Å². The lowest BCUT2D eigenvalue weighted by molar-refractivity contribution is 0.160. The van der Waals surface area contributed by atoms with Crippen LogP contribution in [0.3, 0.4) is 0 Å². The minimum Gasteiger partial charge on any atom is -0.388 e. The second-order valence-corrected chi connectivity index (χ2v) is 5.39. The van der Waals surface area contributed by atoms with Crippen LogP contribution >= 0.6 is 11.3 Å². The van der Waals surface area contributed by atoms with E-state index in [9.17, 15) is 13.9 Å². The highest BCUT2D eigenvalue weighted by molar-refractivity contribution is 7.15. The fourth-order valence-corrected chi connectivity index (χ4v) is 3.32. The molecule has 1 heterocycles. The monoisotopic (exact) mass is 267 g/mol. The molecule has 18 heavy (non-hydrogen) atoms. The number of aromatic nitrogens is 1. The van der Waals surface area contributed by atoms with E-state index >= 15 is 0 Å². The Kier molecular flexibility index (Phi) is 2.87. The van der Waals surface area contributed by atoms with E-state index in [1.165, 1.54) is 11.3 Å². The van der Waals surface area contributed by atoms with Crippen molar-refractivity contribution in [1.82, 2.24) is 4.98 Å². The standard InChI is InChI=1S/C13H11F2NOS/c14-7-4-5-9(15)8(6-7)13-16-10-2-1-3-11(17)12(10)18-13/h4-6,11,17H,1-3H2. The molecule has 1 aromatic heterocycles. The normalized spacial score (nSPS) is 18.7. The zero-order chi connectivity index (χ0) is 12.7. The van der Waals surface area contributed by atoms with Crippen LogP contribution in [0.4, 0.5) is 8.78 Å². The largest absolute Gasteiger partial charge is 0.388 e. The maximum atomic E-state index is 13.7. The molecule has 1 aliphatic rings. The average molecular weight is 267 g/mol. The Balaban J connectivity index is 2.10. The molecule has 1 unspecified atom stereocenters. The van der Waals surface area contributed by atoms with Crippen molar-refractivity contribution in [3.8, 4) is 10.6 Å². The summed E-state index contributed by atoms with van der Waals surface area (Å²) in [5.41, 5.74) is 0.985. The molecule has 1 N–H and O–H groups in total. The van der Waals surface area contributed by atoms with E-state index in [1.807, 2.05) is 0 Å². The van der Waals surface area contributed by atoms with Gasteiger partial charge in [0, 0.05) is 5.56 Å². The number of halogens is 2. The topological polar surface area (TPSA) is 33.1 Å². The molecular formula is C13H11F2NOS. The lowest BCUT2D eigenvalue weighted by Gasteiger charge is -2.14. The molecular weight excluding hydrogens is 256 g/mol. The zero-order valence-corrected chi connectivity index (χ0v) is 10.3. The summed E-state index contributed by atoms with van der Waals surface area (Å²) in [6.07, 6.45) is 1.86. The molecule has 0 spiro atoms. The van der Waals surface area contributed by atoms with Gasteiger partial charge in [0.05, 0.1) is 16.7 Å². The van der Waals surface area contributed by atoms with Crippen LogP contribution < -0.4 is 0 Å². The number of benzene rings is 1. The van der Waals surface area contributed by atoms with Gasteiger partial charge in [-0.15, -0.1) is 11.3 Å². The van der Waals surface area contributed by atoms with Gasteiger partial charge in [-0.3, -0.25) is 0 Å². The van der Waals surface area contributed by atoms with Gasteiger partial charge in [0.2, 0.25) is 0 Å². The van der Waals surface area contributed by atoms with Gasteiger partial charge in [0.25, 0.3) is 0 Å². The van der Waals surface area contributed by atoms with E-state index in [-0.39, 0.29) is 5.56 Å². The Labute approximate surface area is 107 Å². The number of rotatable bonds is 1. The first-order valence-corrected chi connectivity index (χ1v) is 6.60. The summed E-state index contributed by atoms with van der Waals surface area (Å²) in [5, 5.41) is 10.3. The smallest absolute Gasteiger partial charge is 0.133 e. The Morgan fingerprint density at radius 3 is 2.94 bits per heavy atom. The van der Waals surface area contributed by atoms with E-state index in [1.54, 1.807) is 0 Å². The third kappa shape index (κ3) is 1.93. The summed E-state index contributed by atoms with van der Waals surface area (Å²) >= 11 is 1.25. The lowest BCUT2D eigenvalue weighted by atomic mass is 10.0. The fourth-order valence-electron chi connectivity index (χ4n) is 2.17. The van der Waals surface area contributed by atoms with E-state index in [0.29, 0.717) is 11.4 Å². The Morgan fingerprint density at radius 1 is 1.33 bits per heavy atom. The zero-order valence-electron chi connectivity index (χ0n) is 9.49. The maximum absolute atomic E-state index is 13.7. The molecule has 0 saturated carbocycles. The van der Waals surface area contributed by atoms with Crippen LogP contribution in [-0.4, -0.2) is 10.1 Å². The third-order valence-electron chi connectivity index (χ3n) is 3.08. The highest BCUT2D eigenvalue weighted by Gasteiger charge is 2.24. The summed E-state index contributed by atoms with van der Waals surface area (Å²) in [6.45, 7) is 0. The van der Waals surface area contributed by atoms with Crippen molar-refractivity contribution in [3.63, 3.8) is 0 Å². The minimum absolute atomic E-state index is 0.168. The van der Waals surface area contributed by atoms with Gasteiger partial charge in [-0.1, -0.05) is 0 Å². The molecule has 0 saturated heterocycles. The third-order valence-corrected chi connectivity index (χ3v) is 4.31. The molecule has 0 bridgehead atoms. The first-order valence-electron chi connectivity index (χ1n) is 5.78. The molecule has 1 atom stereocenters. The molecule has 2 aromatic rings. The molecule has 3 rings (SSSR count). The van der Waals surface area contributed by atoms with Crippen molar-refractivity contribution in [2.45, 2.75) is 25.4 Å². The van der Waals surface area contributed by atoms with Crippen molar-refractivity contribution in [2.75, 3.05) is 0 Å². The Bertz CT molecular complexity index is 597. The first-order chi connectivity index (χ1) is 8.65. The van der Waals surface area contributed by atoms with Crippen LogP contribution in [0, 0.1) is 11.6 Å². The second kappa shape index (κ2) is 4.40. The van der Waals surface area contributed by atoms with Crippen molar-refractivity contribution in [2.24, 2.45) is 0 Å². The van der Waals surface area contributed by atoms with Gasteiger partial charge in [-0.25, -0.2) is 13.8 Å². The molecule has 94 valence electrons. The molecule has 5 heteroatoms. The number of aliphatic hydroxyl groups excluding tert-OH is 1. The van der Waals surface area contributed by atoms with Crippen molar-refractivity contribution < 1.29 is 13.9 Å². The van der Waals surface area contributed by atoms with Crippen LogP contribution in [0.1, 0.15) is 29.5 Å². The Morgan fingerprint density at radius 2 is 2.17 bits per heavy atom. The first kappa shape index (κ1) is 11.7. The van der Waals surface area contributed by atoms with E-state index in [4.69, 9.17) is 0 Å². The molecule has 0 amide bonds. The summed E-state index contributed by atoms with van der Waals surface area (Å²) in [4.78, 5) is 5.12. The van der Waals surface area contributed by atoms with Gasteiger partial charge in [0.15, 0.2) is 0 Å². The highest BCUT2D eigenvalue weighted by atomic mass is 32.1. The summed E-state index contributed by atoms with van der Waals surface area (Å²) < 4.78 is 26.8. The van der Waals surface area contributed by atoms with Crippen molar-refractivity contribution in [3.05, 3.63) is 40.4 Å². The number of nitrogens with zero attached hydrogens (tertiary/aromatic N) is 1. The SMILES string of the molecule is OC1CCCc2nc(-c3cc(F)ccc3F)sc21. The minimum atomic E-state index is -0.517. The van der Waals surface area contributed by atoms with Gasteiger partial charge in [-0.2, -0.15) is 0 Å². The number of fused-ring (bicyclic) bond motifs is 1. The van der Waals surface area contributed by atoms with Crippen LogP contribution in [-0.2, 0) is 6.42 Å². The summed E-state index contributed by atoms with van der Waals surface area (Å²) in [7, 11) is 0. The number of thiazole rings is 1. The number of hydrogen-bond donors (Lipinski definition) is 1. The van der Waals surface area contributed by atoms with Gasteiger partial charge in [0.1, 0.15) is 16.6 Å². The quantitative estimate of drug-likeness (QED) is 0.858. The van der Waals surface area contributed by atoms with E-state index < -0.39 is 17.7 Å². The number of aryl methyl sites for hydroxylation is 1. The van der Waals surface area contributed by atoms with E-state index in [2.05, 4.69) is 4.98 Å². The number of aliphatic hydroxyl groups is 1. The second-order valence-electron chi connectivity index (χ2n) is 4.36. The van der Waals surface area contributed by atoms with Crippen LogP contribution in [0.15, 0.2) is 18.2 Å². The maximum Gasteiger partial charge on any atom is 0.133 e. The molecule has 0 aliphatic heterocycles. The molecule has 1 aromatic carbocycles. The predicted molar refractivity (Wildman–Crippen MR) is 65.4 cm³/mol. The van der Waals surface area contributed by atoms with Crippen molar-refractivity contribution >= 4 is 11.3 Å². The highest BCUT2D eigenvalue weighted by Crippen LogP contribution is 2.38. The van der Waals surface area contributed by atoms with Gasteiger partial charge < -0.3 is 5.11 Å². The van der Waals surface area contributed by atoms with Gasteiger partial charge in [-0.05, 0) is 37.5 Å². The number of hydrogen-bond acceptors (Lipinski definition) is 3. The lowest BCUT2D eigenvalue weighted by Crippen LogP contribution is -2.06.